The lowest BCUT2D eigenvalue weighted by Crippen LogP contribution is -2.29. The van der Waals surface area contributed by atoms with Gasteiger partial charge in [0.15, 0.2) is 0 Å². The summed E-state index contributed by atoms with van der Waals surface area (Å²) in [7, 11) is -3.58. The van der Waals surface area contributed by atoms with Crippen LogP contribution < -0.4 is 0 Å². The van der Waals surface area contributed by atoms with Crippen molar-refractivity contribution in [2.45, 2.75) is 37.3 Å². The number of nitrogens with one attached hydrogen (secondary N) is 1. The van der Waals surface area contributed by atoms with Gasteiger partial charge in [-0.15, -0.1) is 0 Å². The predicted molar refractivity (Wildman–Crippen MR) is 114 cm³/mol. The van der Waals surface area contributed by atoms with Gasteiger partial charge < -0.3 is 14.7 Å². The van der Waals surface area contributed by atoms with Crippen molar-refractivity contribution >= 4 is 32.1 Å². The van der Waals surface area contributed by atoms with Crippen molar-refractivity contribution in [2.75, 3.05) is 13.1 Å². The third-order valence-electron chi connectivity index (χ3n) is 5.79. The van der Waals surface area contributed by atoms with E-state index in [1.807, 2.05) is 35.9 Å². The summed E-state index contributed by atoms with van der Waals surface area (Å²) in [6, 6.07) is 8.74. The number of aliphatic hydroxyl groups excluding tert-OH is 1. The third-order valence-corrected chi connectivity index (χ3v) is 7.66. The molecule has 1 aliphatic heterocycles. The molecule has 5 rings (SSSR count). The Bertz CT molecular complexity index is 1340. The van der Waals surface area contributed by atoms with E-state index in [2.05, 4.69) is 15.0 Å². The minimum absolute atomic E-state index is 0.125. The van der Waals surface area contributed by atoms with Gasteiger partial charge in [-0.1, -0.05) is 17.7 Å². The first kappa shape index (κ1) is 19.2. The average molecular weight is 426 g/mol. The number of fused-ring (bicyclic) bond motifs is 3. The molecule has 4 heterocycles. The zero-order valence-corrected chi connectivity index (χ0v) is 17.6. The Balaban J connectivity index is 1.58. The zero-order chi connectivity index (χ0) is 21.0. The van der Waals surface area contributed by atoms with Gasteiger partial charge in [-0.25, -0.2) is 18.4 Å². The minimum Gasteiger partial charge on any atom is -0.385 e. The molecular formula is C21H23N5O3S. The summed E-state index contributed by atoms with van der Waals surface area (Å²) in [4.78, 5) is 12.4. The molecule has 0 spiro atoms. The maximum atomic E-state index is 13.2. The van der Waals surface area contributed by atoms with Gasteiger partial charge in [-0.2, -0.15) is 4.31 Å². The van der Waals surface area contributed by atoms with Crippen LogP contribution in [0.15, 0.2) is 47.6 Å². The van der Waals surface area contributed by atoms with Crippen molar-refractivity contribution in [3.05, 3.63) is 54.1 Å². The third kappa shape index (κ3) is 2.92. The van der Waals surface area contributed by atoms with Crippen LogP contribution in [0.2, 0.25) is 0 Å². The number of imidazole rings is 1. The number of H-pyrrole nitrogens is 1. The van der Waals surface area contributed by atoms with Gasteiger partial charge in [-0.05, 0) is 38.5 Å². The Morgan fingerprint density at radius 3 is 2.73 bits per heavy atom. The van der Waals surface area contributed by atoms with Gasteiger partial charge in [0.2, 0.25) is 10.0 Å². The molecule has 4 aromatic rings. The average Bonchev–Trinajstić information content (AvgIpc) is 3.44. The molecule has 2 unspecified atom stereocenters. The van der Waals surface area contributed by atoms with Crippen molar-refractivity contribution in [1.82, 2.24) is 23.8 Å². The number of hydrogen-bond donors (Lipinski definition) is 2. The smallest absolute Gasteiger partial charge is 0.243 e. The fraction of sp³-hybridized carbons (Fsp3) is 0.333. The maximum absolute atomic E-state index is 13.2. The molecule has 8 nitrogen and oxygen atoms in total. The topological polar surface area (TPSA) is 104 Å². The number of aryl methyl sites for hydroxylation is 1. The first-order valence-corrected chi connectivity index (χ1v) is 11.4. The highest BCUT2D eigenvalue weighted by molar-refractivity contribution is 7.89. The van der Waals surface area contributed by atoms with Gasteiger partial charge in [0.1, 0.15) is 23.1 Å². The van der Waals surface area contributed by atoms with E-state index in [1.54, 1.807) is 25.3 Å². The fourth-order valence-corrected chi connectivity index (χ4v) is 5.77. The van der Waals surface area contributed by atoms with Crippen LogP contribution >= 0.6 is 0 Å². The number of pyridine rings is 1. The Morgan fingerprint density at radius 1 is 1.23 bits per heavy atom. The zero-order valence-electron chi connectivity index (χ0n) is 16.8. The summed E-state index contributed by atoms with van der Waals surface area (Å²) in [6.45, 7) is 4.35. The van der Waals surface area contributed by atoms with Crippen LogP contribution in [0.25, 0.3) is 22.1 Å². The molecule has 3 aromatic heterocycles. The lowest BCUT2D eigenvalue weighted by Gasteiger charge is -2.20. The lowest BCUT2D eigenvalue weighted by molar-refractivity contribution is 0.182. The molecule has 0 amide bonds. The molecule has 2 N–H and O–H groups in total. The van der Waals surface area contributed by atoms with E-state index in [0.29, 0.717) is 35.7 Å². The summed E-state index contributed by atoms with van der Waals surface area (Å²) in [5.74, 6) is 0.528. The molecule has 30 heavy (non-hydrogen) atoms. The number of benzene rings is 1. The highest BCUT2D eigenvalue weighted by Gasteiger charge is 2.35. The predicted octanol–water partition coefficient (Wildman–Crippen LogP) is 2.91. The molecule has 0 bridgehead atoms. The largest absolute Gasteiger partial charge is 0.385 e. The second kappa shape index (κ2) is 6.90. The van der Waals surface area contributed by atoms with Gasteiger partial charge in [0.25, 0.3) is 0 Å². The summed E-state index contributed by atoms with van der Waals surface area (Å²) in [5.41, 5.74) is 3.32. The van der Waals surface area contributed by atoms with Gasteiger partial charge >= 0.3 is 0 Å². The van der Waals surface area contributed by atoms with E-state index < -0.39 is 16.1 Å². The molecule has 1 aliphatic rings. The molecule has 156 valence electrons. The lowest BCUT2D eigenvalue weighted by atomic mass is 10.2. The van der Waals surface area contributed by atoms with Crippen LogP contribution in [0, 0.1) is 6.92 Å². The molecule has 1 fully saturated rings. The van der Waals surface area contributed by atoms with E-state index in [0.717, 1.165) is 22.1 Å². The first-order chi connectivity index (χ1) is 14.4. The molecule has 0 saturated carbocycles. The Labute approximate surface area is 174 Å². The summed E-state index contributed by atoms with van der Waals surface area (Å²) in [5, 5.41) is 11.3. The fourth-order valence-electron chi connectivity index (χ4n) is 4.27. The Kier molecular flexibility index (Phi) is 4.42. The van der Waals surface area contributed by atoms with E-state index in [9.17, 15) is 13.5 Å². The molecule has 0 radical (unpaired) electrons. The van der Waals surface area contributed by atoms with Crippen LogP contribution in [0.4, 0.5) is 0 Å². The Morgan fingerprint density at radius 2 is 2.00 bits per heavy atom. The number of aromatic nitrogens is 4. The van der Waals surface area contributed by atoms with Gasteiger partial charge in [-0.3, -0.25) is 0 Å². The quantitative estimate of drug-likeness (QED) is 0.523. The van der Waals surface area contributed by atoms with E-state index in [1.165, 1.54) is 4.31 Å². The molecular weight excluding hydrogens is 402 g/mol. The van der Waals surface area contributed by atoms with Crippen LogP contribution in [0.5, 0.6) is 0 Å². The Hall–Kier alpha value is -2.75. The standard InChI is InChI=1S/C21H23N5O3S/c1-13-3-5-16(6-4-13)30(28,29)25-10-8-15(12-25)26-19-17-7-9-22-20(17)23-11-18(19)24-21(26)14(2)27/h3-7,9,11,14-15,27H,8,10,12H2,1-2H3,(H,22,23). The molecule has 9 heteroatoms. The monoisotopic (exact) mass is 425 g/mol. The minimum atomic E-state index is -3.58. The van der Waals surface area contributed by atoms with Crippen molar-refractivity contribution < 1.29 is 13.5 Å². The van der Waals surface area contributed by atoms with Crippen LogP contribution in [-0.2, 0) is 10.0 Å². The van der Waals surface area contributed by atoms with E-state index in [-0.39, 0.29) is 6.04 Å². The van der Waals surface area contributed by atoms with Crippen molar-refractivity contribution in [1.29, 1.82) is 0 Å². The number of sulfonamides is 1. The van der Waals surface area contributed by atoms with Gasteiger partial charge in [0, 0.05) is 24.7 Å². The van der Waals surface area contributed by atoms with Crippen molar-refractivity contribution in [2.24, 2.45) is 0 Å². The van der Waals surface area contributed by atoms with Crippen molar-refractivity contribution in [3.8, 4) is 0 Å². The summed E-state index contributed by atoms with van der Waals surface area (Å²) in [6.07, 6.45) is 3.37. The highest BCUT2D eigenvalue weighted by Crippen LogP contribution is 2.35. The normalized spacial score (nSPS) is 19.1. The first-order valence-electron chi connectivity index (χ1n) is 9.95. The number of nitrogens with zero attached hydrogens (tertiary/aromatic N) is 4. The molecule has 1 aromatic carbocycles. The van der Waals surface area contributed by atoms with Crippen molar-refractivity contribution in [3.63, 3.8) is 0 Å². The van der Waals surface area contributed by atoms with E-state index >= 15 is 0 Å². The number of hydrogen-bond acceptors (Lipinski definition) is 5. The SMILES string of the molecule is Cc1ccc(S(=O)(=O)N2CCC(n3c(C(C)O)nc4cnc5[nH]ccc5c43)C2)cc1. The van der Waals surface area contributed by atoms with Gasteiger partial charge in [0.05, 0.1) is 22.7 Å². The van der Waals surface area contributed by atoms with E-state index in [4.69, 9.17) is 0 Å². The summed E-state index contributed by atoms with van der Waals surface area (Å²) < 4.78 is 29.8. The number of aromatic amines is 1. The van der Waals surface area contributed by atoms with Crippen LogP contribution in [0.1, 0.15) is 36.9 Å². The second-order valence-electron chi connectivity index (χ2n) is 7.87. The molecule has 2 atom stereocenters. The summed E-state index contributed by atoms with van der Waals surface area (Å²) >= 11 is 0. The maximum Gasteiger partial charge on any atom is 0.243 e. The molecule has 1 saturated heterocycles. The van der Waals surface area contributed by atoms with Crippen LogP contribution in [-0.4, -0.2) is 50.4 Å². The number of aliphatic hydroxyl groups is 1. The number of rotatable bonds is 4. The highest BCUT2D eigenvalue weighted by atomic mass is 32.2. The second-order valence-corrected chi connectivity index (χ2v) is 9.80. The van der Waals surface area contributed by atoms with Crippen LogP contribution in [0.3, 0.4) is 0 Å². The molecule has 0 aliphatic carbocycles.